The molecular formula is C16H23N3O2. The summed E-state index contributed by atoms with van der Waals surface area (Å²) in [4.78, 5) is 13.8. The van der Waals surface area contributed by atoms with Gasteiger partial charge in [-0.05, 0) is 50.6 Å². The van der Waals surface area contributed by atoms with Crippen LogP contribution in [-0.2, 0) is 11.2 Å². The molecule has 1 aromatic carbocycles. The van der Waals surface area contributed by atoms with Gasteiger partial charge in [0, 0.05) is 12.3 Å². The number of aliphatic hydroxyl groups is 1. The van der Waals surface area contributed by atoms with Gasteiger partial charge in [0.25, 0.3) is 0 Å². The number of anilines is 1. The average Bonchev–Trinajstić information content (AvgIpc) is 2.46. The topological polar surface area (TPSA) is 76.4 Å². The molecule has 0 aliphatic carbocycles. The minimum absolute atomic E-state index is 0.0484. The van der Waals surface area contributed by atoms with E-state index in [1.54, 1.807) is 0 Å². The second-order valence-electron chi connectivity index (χ2n) is 5.10. The summed E-state index contributed by atoms with van der Waals surface area (Å²) in [6.45, 7) is 1.42. The van der Waals surface area contributed by atoms with Crippen LogP contribution < -0.4 is 5.32 Å². The third-order valence-corrected chi connectivity index (χ3v) is 3.13. The van der Waals surface area contributed by atoms with Gasteiger partial charge in [-0.2, -0.15) is 5.26 Å². The second-order valence-corrected chi connectivity index (χ2v) is 5.10. The highest BCUT2D eigenvalue weighted by Gasteiger charge is 2.06. The molecule has 0 radical (unpaired) electrons. The Hall–Kier alpha value is -1.90. The third kappa shape index (κ3) is 7.45. The smallest absolute Gasteiger partial charge is 0.238 e. The van der Waals surface area contributed by atoms with Crippen molar-refractivity contribution in [3.8, 4) is 6.07 Å². The van der Waals surface area contributed by atoms with Gasteiger partial charge in [-0.25, -0.2) is 0 Å². The first-order valence-corrected chi connectivity index (χ1v) is 7.21. The number of hydrogen-bond donors (Lipinski definition) is 2. The van der Waals surface area contributed by atoms with Crippen molar-refractivity contribution in [2.75, 3.05) is 32.1 Å². The van der Waals surface area contributed by atoms with Crippen molar-refractivity contribution in [2.24, 2.45) is 0 Å². The van der Waals surface area contributed by atoms with E-state index in [0.717, 1.165) is 37.1 Å². The van der Waals surface area contributed by atoms with Gasteiger partial charge in [0.15, 0.2) is 0 Å². The molecule has 0 atom stereocenters. The summed E-state index contributed by atoms with van der Waals surface area (Å²) in [7, 11) is 1.91. The van der Waals surface area contributed by atoms with Gasteiger partial charge >= 0.3 is 0 Å². The lowest BCUT2D eigenvalue weighted by molar-refractivity contribution is -0.117. The Labute approximate surface area is 126 Å². The second kappa shape index (κ2) is 9.92. The van der Waals surface area contributed by atoms with Gasteiger partial charge in [-0.15, -0.1) is 0 Å². The van der Waals surface area contributed by atoms with E-state index in [-0.39, 0.29) is 12.5 Å². The Morgan fingerprint density at radius 3 is 2.62 bits per heavy atom. The van der Waals surface area contributed by atoms with E-state index in [1.807, 2.05) is 36.2 Å². The van der Waals surface area contributed by atoms with Crippen LogP contribution in [0.25, 0.3) is 0 Å². The van der Waals surface area contributed by atoms with Crippen LogP contribution in [0.5, 0.6) is 0 Å². The van der Waals surface area contributed by atoms with Crippen molar-refractivity contribution in [1.29, 1.82) is 5.26 Å². The highest BCUT2D eigenvalue weighted by Crippen LogP contribution is 2.10. The number of amides is 1. The quantitative estimate of drug-likeness (QED) is 0.679. The first-order chi connectivity index (χ1) is 10.2. The van der Waals surface area contributed by atoms with Gasteiger partial charge in [0.1, 0.15) is 0 Å². The molecule has 2 N–H and O–H groups in total. The summed E-state index contributed by atoms with van der Waals surface area (Å²) in [5.74, 6) is -0.0484. The molecule has 0 fully saturated rings. The van der Waals surface area contributed by atoms with Crippen molar-refractivity contribution in [3.05, 3.63) is 29.8 Å². The van der Waals surface area contributed by atoms with Crippen LogP contribution in [-0.4, -0.2) is 42.7 Å². The zero-order chi connectivity index (χ0) is 15.5. The van der Waals surface area contributed by atoms with Crippen LogP contribution in [0, 0.1) is 11.3 Å². The number of likely N-dealkylation sites (N-methyl/N-ethyl adjacent to an activating group) is 1. The van der Waals surface area contributed by atoms with E-state index in [0.29, 0.717) is 13.0 Å². The summed E-state index contributed by atoms with van der Waals surface area (Å²) in [5, 5.41) is 20.1. The number of hydrogen-bond acceptors (Lipinski definition) is 4. The summed E-state index contributed by atoms with van der Waals surface area (Å²) in [6.07, 6.45) is 3.15. The predicted octanol–water partition coefficient (Wildman–Crippen LogP) is 1.79. The highest BCUT2D eigenvalue weighted by atomic mass is 16.2. The lowest BCUT2D eigenvalue weighted by atomic mass is 10.1. The Kier molecular flexibility index (Phi) is 8.10. The molecule has 5 heteroatoms. The molecule has 0 spiro atoms. The molecule has 0 heterocycles. The van der Waals surface area contributed by atoms with Gasteiger partial charge in [0.05, 0.1) is 19.0 Å². The molecule has 0 aliphatic heterocycles. The number of nitrogens with zero attached hydrogens (tertiary/aromatic N) is 2. The molecule has 0 saturated heterocycles. The lowest BCUT2D eigenvalue weighted by Crippen LogP contribution is -2.30. The van der Waals surface area contributed by atoms with Gasteiger partial charge in [-0.3, -0.25) is 9.69 Å². The number of nitriles is 1. The molecule has 0 unspecified atom stereocenters. The highest BCUT2D eigenvalue weighted by molar-refractivity contribution is 5.92. The number of aliphatic hydroxyl groups excluding tert-OH is 1. The minimum Gasteiger partial charge on any atom is -0.396 e. The van der Waals surface area contributed by atoms with E-state index in [2.05, 4.69) is 11.4 Å². The van der Waals surface area contributed by atoms with Crippen molar-refractivity contribution in [3.63, 3.8) is 0 Å². The predicted molar refractivity (Wildman–Crippen MR) is 82.8 cm³/mol. The van der Waals surface area contributed by atoms with Crippen LogP contribution in [0.4, 0.5) is 5.69 Å². The van der Waals surface area contributed by atoms with Crippen LogP contribution in [0.2, 0.25) is 0 Å². The lowest BCUT2D eigenvalue weighted by Gasteiger charge is -2.16. The number of benzene rings is 1. The number of carbonyl (C=O) groups is 1. The molecule has 1 rings (SSSR count). The number of rotatable bonds is 9. The van der Waals surface area contributed by atoms with Crippen molar-refractivity contribution in [1.82, 2.24) is 4.90 Å². The number of unbranched alkanes of at least 4 members (excludes halogenated alkanes) is 2. The molecule has 21 heavy (non-hydrogen) atoms. The summed E-state index contributed by atoms with van der Waals surface area (Å²) < 4.78 is 0. The van der Waals surface area contributed by atoms with E-state index < -0.39 is 0 Å². The van der Waals surface area contributed by atoms with Crippen LogP contribution in [0.1, 0.15) is 24.8 Å². The molecule has 114 valence electrons. The standard InChI is InChI=1S/C16H23N3O2/c1-19(11-3-2-4-12-20)13-16(21)18-15-7-5-14(6-8-15)9-10-17/h5-8,20H,2-4,9,11-13H2,1H3,(H,18,21). The molecule has 0 bridgehead atoms. The zero-order valence-corrected chi connectivity index (χ0v) is 12.5. The first-order valence-electron chi connectivity index (χ1n) is 7.21. The maximum atomic E-state index is 11.9. The van der Waals surface area contributed by atoms with Gasteiger partial charge in [-0.1, -0.05) is 12.1 Å². The average molecular weight is 289 g/mol. The maximum Gasteiger partial charge on any atom is 0.238 e. The maximum absolute atomic E-state index is 11.9. The monoisotopic (exact) mass is 289 g/mol. The Morgan fingerprint density at radius 1 is 1.29 bits per heavy atom. The zero-order valence-electron chi connectivity index (χ0n) is 12.5. The van der Waals surface area contributed by atoms with E-state index >= 15 is 0 Å². The normalized spacial score (nSPS) is 10.4. The Balaban J connectivity index is 2.30. The molecule has 0 aromatic heterocycles. The third-order valence-electron chi connectivity index (χ3n) is 3.13. The molecule has 5 nitrogen and oxygen atoms in total. The fourth-order valence-electron chi connectivity index (χ4n) is 1.99. The molecule has 1 aromatic rings. The van der Waals surface area contributed by atoms with Crippen molar-refractivity contribution >= 4 is 11.6 Å². The number of nitrogens with one attached hydrogen (secondary N) is 1. The number of carbonyl (C=O) groups excluding carboxylic acids is 1. The minimum atomic E-state index is -0.0484. The fourth-order valence-corrected chi connectivity index (χ4v) is 1.99. The van der Waals surface area contributed by atoms with E-state index in [4.69, 9.17) is 10.4 Å². The molecule has 0 aliphatic rings. The first kappa shape index (κ1) is 17.2. The SMILES string of the molecule is CN(CCCCCO)CC(=O)Nc1ccc(CC#N)cc1. The van der Waals surface area contributed by atoms with Crippen molar-refractivity contribution in [2.45, 2.75) is 25.7 Å². The summed E-state index contributed by atoms with van der Waals surface area (Å²) in [6, 6.07) is 9.40. The van der Waals surface area contributed by atoms with Gasteiger partial charge in [0.2, 0.25) is 5.91 Å². The van der Waals surface area contributed by atoms with Crippen LogP contribution >= 0.6 is 0 Å². The largest absolute Gasteiger partial charge is 0.396 e. The molecule has 1 amide bonds. The van der Waals surface area contributed by atoms with Crippen molar-refractivity contribution < 1.29 is 9.90 Å². The van der Waals surface area contributed by atoms with E-state index in [9.17, 15) is 4.79 Å². The molecule has 0 saturated carbocycles. The summed E-state index contributed by atoms with van der Waals surface area (Å²) in [5.41, 5.74) is 1.69. The Morgan fingerprint density at radius 2 is 2.00 bits per heavy atom. The fraction of sp³-hybridized carbons (Fsp3) is 0.500. The van der Waals surface area contributed by atoms with Crippen LogP contribution in [0.3, 0.4) is 0 Å². The van der Waals surface area contributed by atoms with Crippen LogP contribution in [0.15, 0.2) is 24.3 Å². The summed E-state index contributed by atoms with van der Waals surface area (Å²) >= 11 is 0. The van der Waals surface area contributed by atoms with Gasteiger partial charge < -0.3 is 10.4 Å². The van der Waals surface area contributed by atoms with E-state index in [1.165, 1.54) is 0 Å². The molecular weight excluding hydrogens is 266 g/mol. The Bertz CT molecular complexity index is 465.